The van der Waals surface area contributed by atoms with Crippen molar-refractivity contribution in [1.29, 1.82) is 0 Å². The van der Waals surface area contributed by atoms with E-state index in [9.17, 15) is 9.59 Å². The van der Waals surface area contributed by atoms with Crippen LogP contribution in [0.4, 0.5) is 5.69 Å². The lowest BCUT2D eigenvalue weighted by molar-refractivity contribution is -0.153. The first-order valence-corrected chi connectivity index (χ1v) is 10.3. The van der Waals surface area contributed by atoms with E-state index in [0.29, 0.717) is 17.1 Å². The largest absolute Gasteiger partial charge is 0.453 e. The monoisotopic (exact) mass is 405 g/mol. The molecule has 0 heterocycles. The first-order valence-electron chi connectivity index (χ1n) is 8.95. The highest BCUT2D eigenvalue weighted by Gasteiger charge is 2.17. The van der Waals surface area contributed by atoms with Gasteiger partial charge in [-0.2, -0.15) is 0 Å². The van der Waals surface area contributed by atoms with E-state index in [2.05, 4.69) is 12.2 Å². The van der Waals surface area contributed by atoms with Gasteiger partial charge in [0.2, 0.25) is 0 Å². The van der Waals surface area contributed by atoms with E-state index in [4.69, 9.17) is 16.3 Å². The number of ether oxygens (including phenoxy) is 1. The quantitative estimate of drug-likeness (QED) is 0.347. The van der Waals surface area contributed by atoms with Gasteiger partial charge >= 0.3 is 5.97 Å². The van der Waals surface area contributed by atoms with Crippen molar-refractivity contribution in [2.24, 2.45) is 0 Å². The minimum atomic E-state index is -0.827. The maximum absolute atomic E-state index is 12.1. The first-order chi connectivity index (χ1) is 13.0. The molecule has 0 aliphatic rings. The Morgan fingerprint density at radius 1 is 1.11 bits per heavy atom. The Labute approximate surface area is 169 Å². The van der Waals surface area contributed by atoms with E-state index in [-0.39, 0.29) is 18.3 Å². The SMILES string of the molecule is CCc1ccc(NC(=O)[C@H](C)OC(=O)CCCSc2ccc(Cl)cc2)cc1. The normalized spacial score (nSPS) is 11.7. The van der Waals surface area contributed by atoms with Crippen molar-refractivity contribution in [2.45, 2.75) is 44.1 Å². The number of carbonyl (C=O) groups is 2. The minimum Gasteiger partial charge on any atom is -0.453 e. The van der Waals surface area contributed by atoms with Crippen molar-refractivity contribution in [3.63, 3.8) is 0 Å². The molecule has 0 radical (unpaired) electrons. The Bertz CT molecular complexity index is 747. The molecule has 27 heavy (non-hydrogen) atoms. The molecule has 0 unspecified atom stereocenters. The summed E-state index contributed by atoms with van der Waals surface area (Å²) in [6.07, 6.45) is 1.08. The summed E-state index contributed by atoms with van der Waals surface area (Å²) in [5, 5.41) is 3.47. The van der Waals surface area contributed by atoms with E-state index < -0.39 is 6.10 Å². The predicted molar refractivity (Wildman–Crippen MR) is 111 cm³/mol. The molecule has 0 fully saturated rings. The lowest BCUT2D eigenvalue weighted by Gasteiger charge is -2.13. The molecular weight excluding hydrogens is 382 g/mol. The Morgan fingerprint density at radius 2 is 1.78 bits per heavy atom. The fraction of sp³-hybridized carbons (Fsp3) is 0.333. The third-order valence-electron chi connectivity index (χ3n) is 3.91. The molecule has 0 bridgehead atoms. The zero-order valence-corrected chi connectivity index (χ0v) is 17.1. The molecule has 1 atom stereocenters. The summed E-state index contributed by atoms with van der Waals surface area (Å²) in [4.78, 5) is 25.2. The molecule has 1 N–H and O–H groups in total. The molecular formula is C21H24ClNO3S. The van der Waals surface area contributed by atoms with Gasteiger partial charge in [0.15, 0.2) is 6.10 Å². The Hall–Kier alpha value is -1.98. The Kier molecular flexibility index (Phi) is 8.69. The highest BCUT2D eigenvalue weighted by molar-refractivity contribution is 7.99. The maximum Gasteiger partial charge on any atom is 0.306 e. The fourth-order valence-electron chi connectivity index (χ4n) is 2.31. The van der Waals surface area contributed by atoms with Crippen LogP contribution in [0.1, 0.15) is 32.3 Å². The van der Waals surface area contributed by atoms with Crippen molar-refractivity contribution in [2.75, 3.05) is 11.1 Å². The molecule has 4 nitrogen and oxygen atoms in total. The van der Waals surface area contributed by atoms with E-state index in [1.165, 1.54) is 5.56 Å². The lowest BCUT2D eigenvalue weighted by atomic mass is 10.1. The van der Waals surface area contributed by atoms with Crippen LogP contribution >= 0.6 is 23.4 Å². The van der Waals surface area contributed by atoms with E-state index >= 15 is 0 Å². The highest BCUT2D eigenvalue weighted by atomic mass is 35.5. The number of benzene rings is 2. The molecule has 0 aromatic heterocycles. The van der Waals surface area contributed by atoms with Crippen LogP contribution in [0.3, 0.4) is 0 Å². The molecule has 0 aliphatic carbocycles. The standard InChI is InChI=1S/C21H24ClNO3S/c1-3-16-6-10-18(11-7-16)23-21(25)15(2)26-20(24)5-4-14-27-19-12-8-17(22)9-13-19/h6-13,15H,3-5,14H2,1-2H3,(H,23,25)/t15-/m0/s1. The van der Waals surface area contributed by atoms with Gasteiger partial charge in [0.25, 0.3) is 5.91 Å². The average molecular weight is 406 g/mol. The summed E-state index contributed by atoms with van der Waals surface area (Å²) in [6, 6.07) is 15.2. The molecule has 0 spiro atoms. The molecule has 0 aliphatic heterocycles. The molecule has 144 valence electrons. The second-order valence-corrected chi connectivity index (χ2v) is 7.68. The Balaban J connectivity index is 1.67. The van der Waals surface area contributed by atoms with Crippen LogP contribution in [0.25, 0.3) is 0 Å². The summed E-state index contributed by atoms with van der Waals surface area (Å²) >= 11 is 7.51. The van der Waals surface area contributed by atoms with Crippen molar-refractivity contribution >= 4 is 40.9 Å². The Morgan fingerprint density at radius 3 is 2.41 bits per heavy atom. The molecule has 0 saturated heterocycles. The summed E-state index contributed by atoms with van der Waals surface area (Å²) in [5.41, 5.74) is 1.89. The highest BCUT2D eigenvalue weighted by Crippen LogP contribution is 2.21. The van der Waals surface area contributed by atoms with E-state index in [1.54, 1.807) is 18.7 Å². The molecule has 2 rings (SSSR count). The summed E-state index contributed by atoms with van der Waals surface area (Å²) in [7, 11) is 0. The van der Waals surface area contributed by atoms with Crippen molar-refractivity contribution in [1.82, 2.24) is 0 Å². The average Bonchev–Trinajstić information content (AvgIpc) is 2.67. The van der Waals surface area contributed by atoms with Gasteiger partial charge in [-0.15, -0.1) is 11.8 Å². The van der Waals surface area contributed by atoms with Crippen LogP contribution in [0.2, 0.25) is 5.02 Å². The third kappa shape index (κ3) is 7.65. The molecule has 0 saturated carbocycles. The van der Waals surface area contributed by atoms with Crippen LogP contribution in [0, 0.1) is 0 Å². The summed E-state index contributed by atoms with van der Waals surface area (Å²) in [5.74, 6) is 0.0972. The van der Waals surface area contributed by atoms with Gasteiger partial charge in [-0.25, -0.2) is 0 Å². The van der Waals surface area contributed by atoms with Crippen molar-refractivity contribution < 1.29 is 14.3 Å². The number of nitrogens with one attached hydrogen (secondary N) is 1. The second kappa shape index (κ2) is 11.0. The minimum absolute atomic E-state index is 0.281. The number of hydrogen-bond acceptors (Lipinski definition) is 4. The number of anilines is 1. The van der Waals surface area contributed by atoms with Gasteiger partial charge in [-0.1, -0.05) is 30.7 Å². The van der Waals surface area contributed by atoms with E-state index in [0.717, 1.165) is 17.1 Å². The number of hydrogen-bond donors (Lipinski definition) is 1. The number of aryl methyl sites for hydroxylation is 1. The summed E-state index contributed by atoms with van der Waals surface area (Å²) in [6.45, 7) is 3.65. The smallest absolute Gasteiger partial charge is 0.306 e. The van der Waals surface area contributed by atoms with Crippen LogP contribution in [0.5, 0.6) is 0 Å². The van der Waals surface area contributed by atoms with Crippen LogP contribution < -0.4 is 5.32 Å². The van der Waals surface area contributed by atoms with E-state index in [1.807, 2.05) is 48.5 Å². The van der Waals surface area contributed by atoms with Gasteiger partial charge < -0.3 is 10.1 Å². The molecule has 2 aromatic rings. The van der Waals surface area contributed by atoms with Crippen LogP contribution in [-0.2, 0) is 20.7 Å². The van der Waals surface area contributed by atoms with Gasteiger partial charge in [0.1, 0.15) is 0 Å². The number of carbonyl (C=O) groups excluding carboxylic acids is 2. The zero-order chi connectivity index (χ0) is 19.6. The van der Waals surface area contributed by atoms with Crippen molar-refractivity contribution in [3.8, 4) is 0 Å². The summed E-state index contributed by atoms with van der Waals surface area (Å²) < 4.78 is 5.22. The zero-order valence-electron chi connectivity index (χ0n) is 15.5. The fourth-order valence-corrected chi connectivity index (χ4v) is 3.29. The maximum atomic E-state index is 12.1. The van der Waals surface area contributed by atoms with Gasteiger partial charge in [-0.3, -0.25) is 9.59 Å². The van der Waals surface area contributed by atoms with Gasteiger partial charge in [0.05, 0.1) is 0 Å². The van der Waals surface area contributed by atoms with Gasteiger partial charge in [-0.05, 0) is 67.5 Å². The second-order valence-electron chi connectivity index (χ2n) is 6.08. The number of amides is 1. The van der Waals surface area contributed by atoms with Crippen LogP contribution in [-0.4, -0.2) is 23.7 Å². The topological polar surface area (TPSA) is 55.4 Å². The predicted octanol–water partition coefficient (Wildman–Crippen LogP) is 5.35. The van der Waals surface area contributed by atoms with Crippen LogP contribution in [0.15, 0.2) is 53.4 Å². The lowest BCUT2D eigenvalue weighted by Crippen LogP contribution is -2.29. The van der Waals surface area contributed by atoms with Gasteiger partial charge in [0, 0.05) is 22.0 Å². The molecule has 1 amide bonds. The third-order valence-corrected chi connectivity index (χ3v) is 5.27. The molecule has 2 aromatic carbocycles. The number of halogens is 1. The first kappa shape index (κ1) is 21.3. The molecule has 6 heteroatoms. The number of esters is 1. The van der Waals surface area contributed by atoms with Crippen molar-refractivity contribution in [3.05, 3.63) is 59.1 Å². The number of rotatable bonds is 9. The number of thioether (sulfide) groups is 1.